The number of rotatable bonds is 3. The minimum Gasteiger partial charge on any atom is -0.301 e. The van der Waals surface area contributed by atoms with Crippen molar-refractivity contribution in [1.29, 1.82) is 0 Å². The minimum atomic E-state index is 0.628. The maximum atomic E-state index is 6.24. The van der Waals surface area contributed by atoms with Crippen molar-refractivity contribution in [3.63, 3.8) is 0 Å². The van der Waals surface area contributed by atoms with Crippen LogP contribution in [0.15, 0.2) is 18.2 Å². The zero-order chi connectivity index (χ0) is 13.4. The summed E-state index contributed by atoms with van der Waals surface area (Å²) in [5.74, 6) is 1.64. The van der Waals surface area contributed by atoms with Crippen LogP contribution < -0.4 is 0 Å². The first-order valence-corrected chi connectivity index (χ1v) is 7.25. The largest absolute Gasteiger partial charge is 0.301 e. The summed E-state index contributed by atoms with van der Waals surface area (Å²) in [6, 6.07) is 6.36. The topological polar surface area (TPSA) is 33.4 Å². The van der Waals surface area contributed by atoms with Gasteiger partial charge in [-0.05, 0) is 44.9 Å². The van der Waals surface area contributed by atoms with Gasteiger partial charge in [0.05, 0.1) is 0 Å². The van der Waals surface area contributed by atoms with Crippen LogP contribution in [0.25, 0.3) is 5.65 Å². The van der Waals surface area contributed by atoms with Crippen molar-refractivity contribution in [3.8, 4) is 0 Å². The van der Waals surface area contributed by atoms with Gasteiger partial charge in [-0.1, -0.05) is 17.7 Å². The lowest BCUT2D eigenvalue weighted by atomic mass is 10.0. The number of pyridine rings is 1. The molecule has 0 aliphatic carbocycles. The highest BCUT2D eigenvalue weighted by Gasteiger charge is 2.25. The van der Waals surface area contributed by atoms with E-state index in [1.54, 1.807) is 0 Å². The zero-order valence-electron chi connectivity index (χ0n) is 11.4. The van der Waals surface area contributed by atoms with Gasteiger partial charge in [-0.2, -0.15) is 0 Å². The Labute approximate surface area is 118 Å². The van der Waals surface area contributed by atoms with Gasteiger partial charge in [0.1, 0.15) is 11.0 Å². The van der Waals surface area contributed by atoms with E-state index >= 15 is 0 Å². The van der Waals surface area contributed by atoms with Crippen LogP contribution in [0.2, 0.25) is 5.15 Å². The van der Waals surface area contributed by atoms with Crippen LogP contribution in [0.1, 0.15) is 26.1 Å². The van der Waals surface area contributed by atoms with Crippen LogP contribution in [0, 0.1) is 5.92 Å². The summed E-state index contributed by atoms with van der Waals surface area (Å²) < 4.78 is 1.96. The maximum absolute atomic E-state index is 6.24. The average Bonchev–Trinajstić information content (AvgIpc) is 2.98. The Kier molecular flexibility index (Phi) is 3.46. The smallest absolute Gasteiger partial charge is 0.161 e. The first kappa shape index (κ1) is 12.9. The zero-order valence-corrected chi connectivity index (χ0v) is 12.1. The van der Waals surface area contributed by atoms with E-state index in [9.17, 15) is 0 Å². The third-order valence-electron chi connectivity index (χ3n) is 3.97. The van der Waals surface area contributed by atoms with Gasteiger partial charge in [0.25, 0.3) is 0 Å². The molecular weight excluding hydrogens is 260 g/mol. The van der Waals surface area contributed by atoms with Crippen LogP contribution in [0.5, 0.6) is 0 Å². The normalized spacial score (nSPS) is 20.7. The molecule has 5 heteroatoms. The van der Waals surface area contributed by atoms with E-state index in [-0.39, 0.29) is 0 Å². The molecule has 1 fully saturated rings. The lowest BCUT2D eigenvalue weighted by Gasteiger charge is -2.20. The average molecular weight is 279 g/mol. The number of halogens is 1. The molecule has 1 unspecified atom stereocenters. The Morgan fingerprint density at radius 3 is 2.95 bits per heavy atom. The van der Waals surface area contributed by atoms with E-state index in [0.29, 0.717) is 17.1 Å². The first-order chi connectivity index (χ1) is 9.15. The van der Waals surface area contributed by atoms with E-state index in [2.05, 4.69) is 28.9 Å². The highest BCUT2D eigenvalue weighted by atomic mass is 35.5. The first-order valence-electron chi connectivity index (χ1n) is 6.87. The predicted molar refractivity (Wildman–Crippen MR) is 76.5 cm³/mol. The molecule has 0 amide bonds. The van der Waals surface area contributed by atoms with Crippen molar-refractivity contribution in [3.05, 3.63) is 29.2 Å². The molecule has 2 aromatic heterocycles. The fourth-order valence-electron chi connectivity index (χ4n) is 2.85. The highest BCUT2D eigenvalue weighted by Crippen LogP contribution is 2.23. The summed E-state index contributed by atoms with van der Waals surface area (Å²) in [5.41, 5.74) is 0.834. The Bertz CT molecular complexity index is 578. The Morgan fingerprint density at radius 2 is 2.21 bits per heavy atom. The Balaban J connectivity index is 1.79. The summed E-state index contributed by atoms with van der Waals surface area (Å²) in [4.78, 5) is 2.52. The molecule has 0 aromatic carbocycles. The predicted octanol–water partition coefficient (Wildman–Crippen LogP) is 2.66. The quantitative estimate of drug-likeness (QED) is 0.810. The lowest BCUT2D eigenvalue weighted by molar-refractivity contribution is 0.264. The number of fused-ring (bicyclic) bond motifs is 1. The van der Waals surface area contributed by atoms with Gasteiger partial charge in [-0.3, -0.25) is 4.40 Å². The third-order valence-corrected chi connectivity index (χ3v) is 4.26. The summed E-state index contributed by atoms with van der Waals surface area (Å²) in [5, 5.41) is 9.18. The van der Waals surface area contributed by atoms with E-state index in [4.69, 9.17) is 11.6 Å². The van der Waals surface area contributed by atoms with Crippen LogP contribution in [0.3, 0.4) is 0 Å². The SMILES string of the molecule is CC(C)N1CCC(Cc2nnc3cccc(Cl)n23)C1. The summed E-state index contributed by atoms with van der Waals surface area (Å²) in [7, 11) is 0. The van der Waals surface area contributed by atoms with Crippen molar-refractivity contribution in [2.75, 3.05) is 13.1 Å². The molecule has 2 aromatic rings. The van der Waals surface area contributed by atoms with Crippen molar-refractivity contribution in [2.45, 2.75) is 32.7 Å². The van der Waals surface area contributed by atoms with Gasteiger partial charge >= 0.3 is 0 Å². The van der Waals surface area contributed by atoms with E-state index < -0.39 is 0 Å². The Morgan fingerprint density at radius 1 is 1.37 bits per heavy atom. The van der Waals surface area contributed by atoms with E-state index in [0.717, 1.165) is 24.4 Å². The molecule has 0 spiro atoms. The van der Waals surface area contributed by atoms with Crippen molar-refractivity contribution >= 4 is 17.2 Å². The molecule has 4 nitrogen and oxygen atoms in total. The molecular formula is C14H19ClN4. The van der Waals surface area contributed by atoms with Crippen LogP contribution in [-0.2, 0) is 6.42 Å². The van der Waals surface area contributed by atoms with Gasteiger partial charge in [0.15, 0.2) is 5.65 Å². The lowest BCUT2D eigenvalue weighted by Crippen LogP contribution is -2.28. The second kappa shape index (κ2) is 5.10. The minimum absolute atomic E-state index is 0.628. The number of nitrogens with zero attached hydrogens (tertiary/aromatic N) is 4. The van der Waals surface area contributed by atoms with Crippen LogP contribution in [-0.4, -0.2) is 38.6 Å². The molecule has 19 heavy (non-hydrogen) atoms. The van der Waals surface area contributed by atoms with Crippen molar-refractivity contribution in [1.82, 2.24) is 19.5 Å². The number of aromatic nitrogens is 3. The highest BCUT2D eigenvalue weighted by molar-refractivity contribution is 6.29. The maximum Gasteiger partial charge on any atom is 0.161 e. The summed E-state index contributed by atoms with van der Waals surface area (Å²) in [6.45, 7) is 6.85. The van der Waals surface area contributed by atoms with E-state index in [1.807, 2.05) is 22.6 Å². The second-order valence-corrected chi connectivity index (χ2v) is 5.99. The summed E-state index contributed by atoms with van der Waals surface area (Å²) in [6.07, 6.45) is 2.19. The van der Waals surface area contributed by atoms with Crippen LogP contribution in [0.4, 0.5) is 0 Å². The van der Waals surface area contributed by atoms with Gasteiger partial charge in [-0.15, -0.1) is 10.2 Å². The monoisotopic (exact) mass is 278 g/mol. The molecule has 0 radical (unpaired) electrons. The fraction of sp³-hybridized carbons (Fsp3) is 0.571. The molecule has 1 atom stereocenters. The van der Waals surface area contributed by atoms with Crippen LogP contribution >= 0.6 is 11.6 Å². The molecule has 0 bridgehead atoms. The molecule has 102 valence electrons. The van der Waals surface area contributed by atoms with Gasteiger partial charge < -0.3 is 4.90 Å². The standard InChI is InChI=1S/C14H19ClN4/c1-10(2)18-7-6-11(9-18)8-14-17-16-13-5-3-4-12(15)19(13)14/h3-5,10-11H,6-9H2,1-2H3. The molecule has 3 heterocycles. The number of hydrogen-bond donors (Lipinski definition) is 0. The molecule has 0 N–H and O–H groups in total. The number of likely N-dealkylation sites (tertiary alicyclic amines) is 1. The van der Waals surface area contributed by atoms with Gasteiger partial charge in [0.2, 0.25) is 0 Å². The number of hydrogen-bond acceptors (Lipinski definition) is 3. The van der Waals surface area contributed by atoms with Crippen molar-refractivity contribution < 1.29 is 0 Å². The fourth-order valence-corrected chi connectivity index (χ4v) is 3.10. The van der Waals surface area contributed by atoms with E-state index in [1.165, 1.54) is 13.0 Å². The molecule has 1 saturated heterocycles. The molecule has 1 aliphatic rings. The molecule has 3 rings (SSSR count). The molecule has 1 aliphatic heterocycles. The second-order valence-electron chi connectivity index (χ2n) is 5.61. The van der Waals surface area contributed by atoms with Crippen molar-refractivity contribution in [2.24, 2.45) is 5.92 Å². The third kappa shape index (κ3) is 2.47. The Hall–Kier alpha value is -1.13. The van der Waals surface area contributed by atoms with Gasteiger partial charge in [-0.25, -0.2) is 0 Å². The summed E-state index contributed by atoms with van der Waals surface area (Å²) >= 11 is 6.24. The van der Waals surface area contributed by atoms with Gasteiger partial charge in [0, 0.05) is 19.0 Å². The molecule has 0 saturated carbocycles.